The van der Waals surface area contributed by atoms with E-state index in [-0.39, 0.29) is 23.3 Å². The second kappa shape index (κ2) is 9.57. The molecule has 0 fully saturated rings. The Bertz CT molecular complexity index is 1310. The van der Waals surface area contributed by atoms with Gasteiger partial charge in [0.2, 0.25) is 0 Å². The van der Waals surface area contributed by atoms with E-state index in [0.29, 0.717) is 10.7 Å². The van der Waals surface area contributed by atoms with Crippen molar-refractivity contribution in [1.82, 2.24) is 9.88 Å². The molecule has 1 unspecified atom stereocenters. The second-order valence-corrected chi connectivity index (χ2v) is 10.5. The first kappa shape index (κ1) is 24.8. The lowest BCUT2D eigenvalue weighted by molar-refractivity contribution is -0.140. The molecule has 2 atom stereocenters. The summed E-state index contributed by atoms with van der Waals surface area (Å²) in [5.74, 6) is -1.06. The zero-order valence-corrected chi connectivity index (χ0v) is 20.8. The lowest BCUT2D eigenvalue weighted by atomic mass is 10.1. The van der Waals surface area contributed by atoms with E-state index in [9.17, 15) is 18.0 Å². The van der Waals surface area contributed by atoms with Crippen molar-refractivity contribution in [1.29, 1.82) is 0 Å². The van der Waals surface area contributed by atoms with Crippen molar-refractivity contribution in [2.45, 2.75) is 43.4 Å². The lowest BCUT2D eigenvalue weighted by Crippen LogP contribution is -2.31. The Kier molecular flexibility index (Phi) is 7.19. The summed E-state index contributed by atoms with van der Waals surface area (Å²) < 4.78 is 32.0. The molecule has 2 aromatic carbocycles. The highest BCUT2D eigenvalue weighted by Crippen LogP contribution is 2.28. The Balaban J connectivity index is 1.81. The van der Waals surface area contributed by atoms with E-state index in [1.807, 2.05) is 33.0 Å². The molecule has 1 heterocycles. The number of carbonyl (C=O) groups is 2. The number of esters is 1. The Morgan fingerprint density at radius 2 is 1.79 bits per heavy atom. The fourth-order valence-corrected chi connectivity index (χ4v) is 5.80. The van der Waals surface area contributed by atoms with Crippen molar-refractivity contribution in [3.63, 3.8) is 0 Å². The zero-order valence-electron chi connectivity index (χ0n) is 19.2. The number of aromatic nitrogens is 1. The number of nitrogens with zero attached hydrogens (tertiary/aromatic N) is 1. The van der Waals surface area contributed by atoms with E-state index in [1.165, 1.54) is 19.2 Å². The summed E-state index contributed by atoms with van der Waals surface area (Å²) >= 11 is 6.34. The molecule has 0 bridgehead atoms. The fraction of sp³-hybridized carbons (Fsp3) is 0.333. The summed E-state index contributed by atoms with van der Waals surface area (Å²) in [6, 6.07) is 11.3. The van der Waals surface area contributed by atoms with E-state index in [1.54, 1.807) is 29.7 Å². The number of rotatable bonds is 7. The van der Waals surface area contributed by atoms with Crippen LogP contribution in [0.4, 0.5) is 0 Å². The average Bonchev–Trinajstić information content (AvgIpc) is 3.10. The predicted octanol–water partition coefficient (Wildman–Crippen LogP) is 4.36. The van der Waals surface area contributed by atoms with Crippen LogP contribution >= 0.6 is 11.6 Å². The van der Waals surface area contributed by atoms with Gasteiger partial charge in [-0.1, -0.05) is 30.7 Å². The van der Waals surface area contributed by atoms with Crippen LogP contribution in [0.25, 0.3) is 10.9 Å². The number of carbonyl (C=O) groups excluding carboxylic acids is 2. The fourth-order valence-electron chi connectivity index (χ4n) is 3.85. The molecular weight excluding hydrogens is 464 g/mol. The van der Waals surface area contributed by atoms with E-state index in [0.717, 1.165) is 22.0 Å². The van der Waals surface area contributed by atoms with Gasteiger partial charge in [0.1, 0.15) is 5.69 Å². The van der Waals surface area contributed by atoms with Gasteiger partial charge < -0.3 is 14.6 Å². The third-order valence-corrected chi connectivity index (χ3v) is 8.27. The molecule has 176 valence electrons. The first-order valence-corrected chi connectivity index (χ1v) is 12.4. The number of hydrogen-bond acceptors (Lipinski definition) is 5. The molecule has 3 aromatic rings. The Labute approximate surface area is 198 Å². The highest BCUT2D eigenvalue weighted by Gasteiger charge is 2.33. The number of methoxy groups -OCH3 is 1. The highest BCUT2D eigenvalue weighted by atomic mass is 35.5. The summed E-state index contributed by atoms with van der Waals surface area (Å²) in [6.45, 7) is 5.37. The normalized spacial score (nSPS) is 13.5. The van der Waals surface area contributed by atoms with E-state index in [4.69, 9.17) is 11.6 Å². The molecule has 33 heavy (non-hydrogen) atoms. The van der Waals surface area contributed by atoms with Gasteiger partial charge >= 0.3 is 5.97 Å². The molecule has 0 saturated heterocycles. The Morgan fingerprint density at radius 1 is 1.15 bits per heavy atom. The number of sulfone groups is 1. The summed E-state index contributed by atoms with van der Waals surface area (Å²) in [7, 11) is -0.903. The molecule has 1 amide bonds. The molecule has 1 aromatic heterocycles. The van der Waals surface area contributed by atoms with Gasteiger partial charge in [0.05, 0.1) is 28.6 Å². The van der Waals surface area contributed by atoms with Gasteiger partial charge in [-0.05, 0) is 61.7 Å². The van der Waals surface area contributed by atoms with Crippen molar-refractivity contribution in [2.24, 2.45) is 7.05 Å². The van der Waals surface area contributed by atoms with Gasteiger partial charge in [-0.15, -0.1) is 0 Å². The maximum atomic E-state index is 13.0. The number of fused-ring (bicyclic) bond motifs is 1. The van der Waals surface area contributed by atoms with Crippen LogP contribution in [-0.2, 0) is 26.4 Å². The Morgan fingerprint density at radius 3 is 2.36 bits per heavy atom. The van der Waals surface area contributed by atoms with Gasteiger partial charge in [-0.3, -0.25) is 9.59 Å². The number of halogens is 1. The van der Waals surface area contributed by atoms with Gasteiger partial charge in [0, 0.05) is 12.4 Å². The molecule has 0 aliphatic carbocycles. The number of hydrogen-bond donors (Lipinski definition) is 1. The molecule has 1 N–H and O–H groups in total. The minimum Gasteiger partial charge on any atom is -0.468 e. The van der Waals surface area contributed by atoms with Crippen LogP contribution in [0, 0.1) is 6.92 Å². The van der Waals surface area contributed by atoms with Crippen molar-refractivity contribution in [2.75, 3.05) is 7.11 Å². The van der Waals surface area contributed by atoms with E-state index >= 15 is 0 Å². The quantitative estimate of drug-likeness (QED) is 0.496. The van der Waals surface area contributed by atoms with E-state index in [2.05, 4.69) is 10.1 Å². The van der Waals surface area contributed by atoms with Gasteiger partial charge in [-0.25, -0.2) is 8.42 Å². The third-order valence-electron chi connectivity index (χ3n) is 5.75. The third kappa shape index (κ3) is 4.77. The molecule has 7 nitrogen and oxygen atoms in total. The van der Waals surface area contributed by atoms with Gasteiger partial charge in [0.15, 0.2) is 15.1 Å². The number of amides is 1. The molecule has 0 spiro atoms. The SMILES string of the molecule is CCC(C(=O)OC)S(=O)(=O)c1ccc([C@@H](C)NC(=O)c2cc3c(Cl)cc(C)cc3n2C)cc1. The maximum Gasteiger partial charge on any atom is 0.324 e. The first-order valence-electron chi connectivity index (χ1n) is 10.5. The minimum absolute atomic E-state index is 0.0284. The summed E-state index contributed by atoms with van der Waals surface area (Å²) in [6.07, 6.45) is 0.109. The zero-order chi connectivity index (χ0) is 24.5. The molecule has 3 rings (SSSR count). The van der Waals surface area contributed by atoms with Crippen LogP contribution in [0.15, 0.2) is 47.4 Å². The monoisotopic (exact) mass is 490 g/mol. The van der Waals surface area contributed by atoms with Gasteiger partial charge in [0.25, 0.3) is 5.91 Å². The highest BCUT2D eigenvalue weighted by molar-refractivity contribution is 7.92. The predicted molar refractivity (Wildman–Crippen MR) is 128 cm³/mol. The largest absolute Gasteiger partial charge is 0.468 e. The lowest BCUT2D eigenvalue weighted by Gasteiger charge is -2.17. The maximum absolute atomic E-state index is 13.0. The molecular formula is C24H27ClN2O5S. The summed E-state index contributed by atoms with van der Waals surface area (Å²) in [5.41, 5.74) is 3.05. The minimum atomic E-state index is -3.88. The van der Waals surface area contributed by atoms with Crippen molar-refractivity contribution >= 4 is 44.2 Å². The molecule has 0 saturated carbocycles. The molecule has 0 radical (unpaired) electrons. The topological polar surface area (TPSA) is 94.5 Å². The van der Waals surface area contributed by atoms with Crippen molar-refractivity contribution in [3.05, 3.63) is 64.3 Å². The smallest absolute Gasteiger partial charge is 0.324 e. The van der Waals surface area contributed by atoms with Crippen LogP contribution in [0.5, 0.6) is 0 Å². The van der Waals surface area contributed by atoms with Crippen LogP contribution in [-0.4, -0.2) is 37.2 Å². The van der Waals surface area contributed by atoms with Crippen LogP contribution in [0.1, 0.15) is 47.9 Å². The first-order chi connectivity index (χ1) is 15.5. The van der Waals surface area contributed by atoms with Gasteiger partial charge in [-0.2, -0.15) is 0 Å². The van der Waals surface area contributed by atoms with Crippen LogP contribution < -0.4 is 5.32 Å². The standard InChI is InChI=1S/C24H27ClN2O5S/c1-6-22(24(29)32-5)33(30,31)17-9-7-16(8-10-17)15(3)26-23(28)21-13-18-19(25)11-14(2)12-20(18)27(21)4/h7-13,15,22H,6H2,1-5H3,(H,26,28)/t15-,22?/m1/s1. The molecule has 0 aliphatic heterocycles. The van der Waals surface area contributed by atoms with Crippen LogP contribution in [0.2, 0.25) is 5.02 Å². The molecule has 9 heteroatoms. The van der Waals surface area contributed by atoms with Crippen LogP contribution in [0.3, 0.4) is 0 Å². The average molecular weight is 491 g/mol. The number of aryl methyl sites for hydroxylation is 2. The molecule has 0 aliphatic rings. The van der Waals surface area contributed by atoms with Crippen molar-refractivity contribution < 1.29 is 22.7 Å². The van der Waals surface area contributed by atoms with E-state index < -0.39 is 21.1 Å². The summed E-state index contributed by atoms with van der Waals surface area (Å²) in [5, 5.41) is 3.07. The number of ether oxygens (including phenoxy) is 1. The summed E-state index contributed by atoms with van der Waals surface area (Å²) in [4.78, 5) is 24.9. The number of nitrogens with one attached hydrogen (secondary N) is 1. The number of benzene rings is 2. The Hall–Kier alpha value is -2.84. The second-order valence-electron chi connectivity index (χ2n) is 8.00. The van der Waals surface area contributed by atoms with Crippen molar-refractivity contribution in [3.8, 4) is 0 Å².